The van der Waals surface area contributed by atoms with Crippen molar-refractivity contribution in [1.29, 1.82) is 0 Å². The molecule has 1 atom stereocenters. The van der Waals surface area contributed by atoms with Gasteiger partial charge in [-0.3, -0.25) is 4.79 Å². The van der Waals surface area contributed by atoms with Crippen LogP contribution in [-0.2, 0) is 4.79 Å². The summed E-state index contributed by atoms with van der Waals surface area (Å²) in [4.78, 5) is 25.6. The van der Waals surface area contributed by atoms with Gasteiger partial charge in [0.2, 0.25) is 5.91 Å². The summed E-state index contributed by atoms with van der Waals surface area (Å²) in [6.07, 6.45) is 0.350. The zero-order valence-corrected chi connectivity index (χ0v) is 13.0. The highest BCUT2D eigenvalue weighted by Gasteiger charge is 2.30. The number of carbonyl (C=O) groups is 2. The van der Waals surface area contributed by atoms with Gasteiger partial charge in [-0.15, -0.1) is 0 Å². The zero-order chi connectivity index (χ0) is 15.4. The molecule has 2 N–H and O–H groups in total. The fourth-order valence-electron chi connectivity index (χ4n) is 2.39. The summed E-state index contributed by atoms with van der Waals surface area (Å²) in [5.74, 6) is 0.511. The molecule has 114 valence electrons. The van der Waals surface area contributed by atoms with Crippen molar-refractivity contribution < 1.29 is 9.59 Å². The molecule has 1 aromatic carbocycles. The highest BCUT2D eigenvalue weighted by molar-refractivity contribution is 6.33. The number of nitrogens with one attached hydrogen (secondary N) is 2. The van der Waals surface area contributed by atoms with E-state index in [0.717, 1.165) is 6.54 Å². The van der Waals surface area contributed by atoms with Crippen LogP contribution in [0.5, 0.6) is 0 Å². The number of para-hydroxylation sites is 1. The minimum absolute atomic E-state index is 0.0896. The van der Waals surface area contributed by atoms with Crippen LogP contribution in [0.4, 0.5) is 10.5 Å². The predicted molar refractivity (Wildman–Crippen MR) is 83.4 cm³/mol. The van der Waals surface area contributed by atoms with Crippen LogP contribution in [0.25, 0.3) is 0 Å². The van der Waals surface area contributed by atoms with Gasteiger partial charge in [0.1, 0.15) is 0 Å². The zero-order valence-electron chi connectivity index (χ0n) is 12.2. The maximum atomic E-state index is 11.9. The summed E-state index contributed by atoms with van der Waals surface area (Å²) in [5, 5.41) is 6.00. The fraction of sp³-hybridized carbons (Fsp3) is 0.467. The van der Waals surface area contributed by atoms with Gasteiger partial charge in [-0.2, -0.15) is 0 Å². The lowest BCUT2D eigenvalue weighted by molar-refractivity contribution is -0.128. The third-order valence-electron chi connectivity index (χ3n) is 3.26. The van der Waals surface area contributed by atoms with E-state index in [1.54, 1.807) is 29.2 Å². The monoisotopic (exact) mass is 309 g/mol. The van der Waals surface area contributed by atoms with Crippen LogP contribution >= 0.6 is 11.6 Å². The van der Waals surface area contributed by atoms with Gasteiger partial charge in [-0.25, -0.2) is 4.79 Å². The van der Waals surface area contributed by atoms with Gasteiger partial charge in [0.25, 0.3) is 0 Å². The molecule has 0 spiro atoms. The van der Waals surface area contributed by atoms with Gasteiger partial charge in [0, 0.05) is 19.5 Å². The topological polar surface area (TPSA) is 61.4 Å². The van der Waals surface area contributed by atoms with Crippen LogP contribution in [-0.4, -0.2) is 36.0 Å². The van der Waals surface area contributed by atoms with Gasteiger partial charge in [0.15, 0.2) is 0 Å². The van der Waals surface area contributed by atoms with E-state index in [-0.39, 0.29) is 18.0 Å². The Bertz CT molecular complexity index is 533. The van der Waals surface area contributed by atoms with Crippen molar-refractivity contribution in [2.45, 2.75) is 26.3 Å². The molecule has 3 amide bonds. The molecule has 2 rings (SSSR count). The molecule has 1 heterocycles. The van der Waals surface area contributed by atoms with Crippen molar-refractivity contribution in [3.8, 4) is 0 Å². The van der Waals surface area contributed by atoms with E-state index in [1.165, 1.54) is 0 Å². The van der Waals surface area contributed by atoms with Crippen LogP contribution in [0.1, 0.15) is 20.3 Å². The van der Waals surface area contributed by atoms with Crippen molar-refractivity contribution in [3.05, 3.63) is 29.3 Å². The predicted octanol–water partition coefficient (Wildman–Crippen LogP) is 2.72. The normalized spacial score (nSPS) is 18.2. The molecule has 5 nitrogen and oxygen atoms in total. The number of urea groups is 1. The smallest absolute Gasteiger partial charge is 0.319 e. The quantitative estimate of drug-likeness (QED) is 0.898. The second-order valence-electron chi connectivity index (χ2n) is 5.67. The van der Waals surface area contributed by atoms with Crippen molar-refractivity contribution in [1.82, 2.24) is 10.2 Å². The lowest BCUT2D eigenvalue weighted by Crippen LogP contribution is -2.40. The molecule has 0 aromatic heterocycles. The van der Waals surface area contributed by atoms with Crippen LogP contribution in [0.3, 0.4) is 0 Å². The average Bonchev–Trinajstić information content (AvgIpc) is 2.71. The van der Waals surface area contributed by atoms with E-state index in [1.807, 2.05) is 0 Å². The summed E-state index contributed by atoms with van der Waals surface area (Å²) in [5.41, 5.74) is 0.556. The standard InChI is InChI=1S/C15H20ClN3O2/c1-10(2)8-19-9-11(7-14(19)20)17-15(21)18-13-6-4-3-5-12(13)16/h3-6,10-11H,7-9H2,1-2H3,(H2,17,18,21). The average molecular weight is 310 g/mol. The Hall–Kier alpha value is -1.75. The Balaban J connectivity index is 1.87. The third kappa shape index (κ3) is 4.36. The van der Waals surface area contributed by atoms with Crippen LogP contribution in [0, 0.1) is 5.92 Å². The number of likely N-dealkylation sites (tertiary alicyclic amines) is 1. The number of hydrogen-bond acceptors (Lipinski definition) is 2. The molecule has 0 radical (unpaired) electrons. The molecule has 6 heteroatoms. The van der Waals surface area contributed by atoms with E-state index in [4.69, 9.17) is 11.6 Å². The molecule has 1 aliphatic heterocycles. The first kappa shape index (κ1) is 15.6. The van der Waals surface area contributed by atoms with Gasteiger partial charge < -0.3 is 15.5 Å². The highest BCUT2D eigenvalue weighted by Crippen LogP contribution is 2.20. The Morgan fingerprint density at radius 3 is 2.81 bits per heavy atom. The first-order valence-electron chi connectivity index (χ1n) is 7.05. The number of carbonyl (C=O) groups excluding carboxylic acids is 2. The molecule has 1 saturated heterocycles. The van der Waals surface area contributed by atoms with Gasteiger partial charge >= 0.3 is 6.03 Å². The van der Waals surface area contributed by atoms with Crippen molar-refractivity contribution in [2.75, 3.05) is 18.4 Å². The van der Waals surface area contributed by atoms with Crippen LogP contribution < -0.4 is 10.6 Å². The first-order chi connectivity index (χ1) is 9.95. The van der Waals surface area contributed by atoms with Crippen molar-refractivity contribution >= 4 is 29.2 Å². The van der Waals surface area contributed by atoms with E-state index in [9.17, 15) is 9.59 Å². The molecule has 0 bridgehead atoms. The number of nitrogens with zero attached hydrogens (tertiary/aromatic N) is 1. The second kappa shape index (κ2) is 6.80. The third-order valence-corrected chi connectivity index (χ3v) is 3.59. The maximum absolute atomic E-state index is 11.9. The number of halogens is 1. The lowest BCUT2D eigenvalue weighted by Gasteiger charge is -2.19. The second-order valence-corrected chi connectivity index (χ2v) is 6.08. The van der Waals surface area contributed by atoms with Crippen LogP contribution in [0.15, 0.2) is 24.3 Å². The van der Waals surface area contributed by atoms with Crippen molar-refractivity contribution in [3.63, 3.8) is 0 Å². The fourth-order valence-corrected chi connectivity index (χ4v) is 2.58. The largest absolute Gasteiger partial charge is 0.340 e. The SMILES string of the molecule is CC(C)CN1CC(NC(=O)Nc2ccccc2Cl)CC1=O. The van der Waals surface area contributed by atoms with Gasteiger partial charge in [0.05, 0.1) is 16.8 Å². The Morgan fingerprint density at radius 1 is 1.43 bits per heavy atom. The molecule has 1 unspecified atom stereocenters. The number of rotatable bonds is 4. The Kier molecular flexibility index (Phi) is 5.07. The number of anilines is 1. The molecule has 1 aromatic rings. The van der Waals surface area contributed by atoms with E-state index >= 15 is 0 Å². The summed E-state index contributed by atoms with van der Waals surface area (Å²) in [7, 11) is 0. The lowest BCUT2D eigenvalue weighted by atomic mass is 10.2. The molecule has 0 aliphatic carbocycles. The highest BCUT2D eigenvalue weighted by atomic mass is 35.5. The number of benzene rings is 1. The minimum Gasteiger partial charge on any atom is -0.340 e. The van der Waals surface area contributed by atoms with Gasteiger partial charge in [-0.05, 0) is 18.1 Å². The number of hydrogen-bond donors (Lipinski definition) is 2. The minimum atomic E-state index is -0.340. The van der Waals surface area contributed by atoms with Gasteiger partial charge in [-0.1, -0.05) is 37.6 Å². The first-order valence-corrected chi connectivity index (χ1v) is 7.43. The van der Waals surface area contributed by atoms with Crippen LogP contribution in [0.2, 0.25) is 5.02 Å². The van der Waals surface area contributed by atoms with E-state index in [2.05, 4.69) is 24.5 Å². The summed E-state index contributed by atoms with van der Waals surface area (Å²) in [6, 6.07) is 6.54. The van der Waals surface area contributed by atoms with Crippen molar-refractivity contribution in [2.24, 2.45) is 5.92 Å². The summed E-state index contributed by atoms with van der Waals surface area (Å²) >= 11 is 5.98. The summed E-state index contributed by atoms with van der Waals surface area (Å²) in [6.45, 7) is 5.42. The molecule has 21 heavy (non-hydrogen) atoms. The Morgan fingerprint density at radius 2 is 2.14 bits per heavy atom. The van der Waals surface area contributed by atoms with E-state index < -0.39 is 0 Å². The molecule has 1 aliphatic rings. The van der Waals surface area contributed by atoms with E-state index in [0.29, 0.717) is 29.6 Å². The molecule has 1 fully saturated rings. The number of amides is 3. The molecular weight excluding hydrogens is 290 g/mol. The summed E-state index contributed by atoms with van der Waals surface area (Å²) < 4.78 is 0. The Labute approximate surface area is 129 Å². The maximum Gasteiger partial charge on any atom is 0.319 e. The molecular formula is C15H20ClN3O2. The molecule has 0 saturated carbocycles.